The molecule has 1 heterocycles. The lowest BCUT2D eigenvalue weighted by Crippen LogP contribution is -2.37. The van der Waals surface area contributed by atoms with E-state index >= 15 is 0 Å². The van der Waals surface area contributed by atoms with Gasteiger partial charge in [0.2, 0.25) is 10.0 Å². The molecule has 0 spiro atoms. The number of sulfonamides is 2. The molecule has 1 atom stereocenters. The van der Waals surface area contributed by atoms with Crippen LogP contribution >= 0.6 is 0 Å². The number of hydrogen-bond acceptors (Lipinski definition) is 5. The second kappa shape index (κ2) is 10.0. The number of aryl methyl sites for hydroxylation is 2. The van der Waals surface area contributed by atoms with Gasteiger partial charge >= 0.3 is 0 Å². The standard InChI is InChI=1S/C26H29N3O5S2/c1-19-5-13-24(14-6-19)35(30,31)27-21(3)28-17-18-29(26(28)22-9-11-23(34-4)12-10-22)36(32,33)25-15-7-20(2)8-16-25/h5-16,26H,17-18H2,1-4H3/t26-/m0/s1. The maximum Gasteiger partial charge on any atom is 0.283 e. The van der Waals surface area contributed by atoms with Crippen LogP contribution < -0.4 is 4.74 Å². The number of amidine groups is 1. The van der Waals surface area contributed by atoms with Gasteiger partial charge in [-0.1, -0.05) is 47.5 Å². The Bertz CT molecular complexity index is 1470. The first kappa shape index (κ1) is 25.9. The van der Waals surface area contributed by atoms with Crippen molar-refractivity contribution in [3.63, 3.8) is 0 Å². The van der Waals surface area contributed by atoms with Crippen LogP contribution in [0.3, 0.4) is 0 Å². The zero-order valence-electron chi connectivity index (χ0n) is 20.6. The minimum absolute atomic E-state index is 0.0803. The Labute approximate surface area is 213 Å². The van der Waals surface area contributed by atoms with E-state index in [1.165, 1.54) is 16.4 Å². The Balaban J connectivity index is 1.76. The van der Waals surface area contributed by atoms with Crippen molar-refractivity contribution in [1.82, 2.24) is 9.21 Å². The maximum atomic E-state index is 13.7. The van der Waals surface area contributed by atoms with Crippen LogP contribution in [0.2, 0.25) is 0 Å². The summed E-state index contributed by atoms with van der Waals surface area (Å²) in [7, 11) is -6.31. The lowest BCUT2D eigenvalue weighted by atomic mass is 10.1. The number of benzene rings is 3. The lowest BCUT2D eigenvalue weighted by molar-refractivity contribution is 0.284. The molecular weight excluding hydrogens is 498 g/mol. The fourth-order valence-corrected chi connectivity index (χ4v) is 6.76. The molecule has 0 aliphatic carbocycles. The normalized spacial score (nSPS) is 17.4. The van der Waals surface area contributed by atoms with E-state index < -0.39 is 26.2 Å². The van der Waals surface area contributed by atoms with Gasteiger partial charge in [-0.2, -0.15) is 12.7 Å². The number of methoxy groups -OCH3 is 1. The molecule has 190 valence electrons. The third kappa shape index (κ3) is 5.16. The van der Waals surface area contributed by atoms with Crippen LogP contribution in [0.25, 0.3) is 0 Å². The van der Waals surface area contributed by atoms with Crippen molar-refractivity contribution >= 4 is 25.9 Å². The van der Waals surface area contributed by atoms with Gasteiger partial charge in [0.25, 0.3) is 10.0 Å². The Kier molecular flexibility index (Phi) is 7.21. The Hall–Kier alpha value is -3.21. The Morgan fingerprint density at radius 1 is 0.806 bits per heavy atom. The van der Waals surface area contributed by atoms with Crippen molar-refractivity contribution in [3.05, 3.63) is 89.5 Å². The fraction of sp³-hybridized carbons (Fsp3) is 0.269. The van der Waals surface area contributed by atoms with Crippen molar-refractivity contribution in [2.75, 3.05) is 20.2 Å². The van der Waals surface area contributed by atoms with E-state index in [4.69, 9.17) is 4.74 Å². The summed E-state index contributed by atoms with van der Waals surface area (Å²) in [6, 6.07) is 20.2. The highest BCUT2D eigenvalue weighted by atomic mass is 32.2. The third-order valence-corrected chi connectivity index (χ3v) is 9.40. The second-order valence-corrected chi connectivity index (χ2v) is 12.2. The number of nitrogens with zero attached hydrogens (tertiary/aromatic N) is 3. The van der Waals surface area contributed by atoms with E-state index in [1.54, 1.807) is 79.6 Å². The van der Waals surface area contributed by atoms with Crippen molar-refractivity contribution in [2.24, 2.45) is 4.40 Å². The average Bonchev–Trinajstić information content (AvgIpc) is 3.31. The van der Waals surface area contributed by atoms with E-state index in [-0.39, 0.29) is 28.7 Å². The summed E-state index contributed by atoms with van der Waals surface area (Å²) in [4.78, 5) is 1.96. The van der Waals surface area contributed by atoms with Crippen LogP contribution in [0.5, 0.6) is 5.75 Å². The average molecular weight is 528 g/mol. The molecule has 4 rings (SSSR count). The molecule has 1 saturated heterocycles. The van der Waals surface area contributed by atoms with Gasteiger partial charge in [0.05, 0.1) is 16.9 Å². The van der Waals surface area contributed by atoms with Gasteiger partial charge in [0, 0.05) is 13.1 Å². The molecular formula is C26H29N3O5S2. The van der Waals surface area contributed by atoms with Crippen LogP contribution in [-0.4, -0.2) is 52.1 Å². The van der Waals surface area contributed by atoms with E-state index in [0.29, 0.717) is 11.3 Å². The van der Waals surface area contributed by atoms with E-state index in [2.05, 4.69) is 4.40 Å². The molecule has 1 aliphatic rings. The Morgan fingerprint density at radius 2 is 1.33 bits per heavy atom. The monoisotopic (exact) mass is 527 g/mol. The molecule has 0 saturated carbocycles. The predicted octanol–water partition coefficient (Wildman–Crippen LogP) is 4.12. The molecule has 10 heteroatoms. The minimum Gasteiger partial charge on any atom is -0.497 e. The first-order valence-electron chi connectivity index (χ1n) is 11.4. The molecule has 1 aliphatic heterocycles. The highest BCUT2D eigenvalue weighted by Gasteiger charge is 2.42. The topological polar surface area (TPSA) is 96.3 Å². The smallest absolute Gasteiger partial charge is 0.283 e. The maximum absolute atomic E-state index is 13.7. The molecule has 36 heavy (non-hydrogen) atoms. The quantitative estimate of drug-likeness (QED) is 0.353. The van der Waals surface area contributed by atoms with E-state index in [1.807, 2.05) is 13.8 Å². The Morgan fingerprint density at radius 3 is 1.86 bits per heavy atom. The largest absolute Gasteiger partial charge is 0.497 e. The van der Waals surface area contributed by atoms with E-state index in [0.717, 1.165) is 11.1 Å². The van der Waals surface area contributed by atoms with Crippen molar-refractivity contribution in [2.45, 2.75) is 36.7 Å². The fourth-order valence-electron chi connectivity index (χ4n) is 4.15. The summed E-state index contributed by atoms with van der Waals surface area (Å²) >= 11 is 0. The molecule has 0 amide bonds. The lowest BCUT2D eigenvalue weighted by Gasteiger charge is -2.31. The van der Waals surface area contributed by atoms with Crippen LogP contribution in [0.1, 0.15) is 29.8 Å². The molecule has 3 aromatic carbocycles. The molecule has 0 aromatic heterocycles. The highest BCUT2D eigenvalue weighted by molar-refractivity contribution is 7.90. The molecule has 8 nitrogen and oxygen atoms in total. The van der Waals surface area contributed by atoms with Crippen molar-refractivity contribution < 1.29 is 21.6 Å². The SMILES string of the molecule is COc1ccc([C@H]2N(C(C)=NS(=O)(=O)c3ccc(C)cc3)CCN2S(=O)(=O)c2ccc(C)cc2)cc1. The molecule has 3 aromatic rings. The van der Waals surface area contributed by atoms with Crippen LogP contribution in [0.15, 0.2) is 87.0 Å². The van der Waals surface area contributed by atoms with Gasteiger partial charge in [0.1, 0.15) is 17.8 Å². The molecule has 1 fully saturated rings. The van der Waals surface area contributed by atoms with Crippen molar-refractivity contribution in [3.8, 4) is 5.75 Å². The summed E-state index contributed by atoms with van der Waals surface area (Å²) < 4.78 is 64.1. The minimum atomic E-state index is -3.98. The van der Waals surface area contributed by atoms with Crippen LogP contribution in [-0.2, 0) is 20.0 Å². The van der Waals surface area contributed by atoms with Gasteiger partial charge in [0.15, 0.2) is 0 Å². The molecule has 0 N–H and O–H groups in total. The van der Waals surface area contributed by atoms with Crippen LogP contribution in [0, 0.1) is 13.8 Å². The molecule has 0 bridgehead atoms. The highest BCUT2D eigenvalue weighted by Crippen LogP contribution is 2.36. The first-order valence-corrected chi connectivity index (χ1v) is 14.3. The number of hydrogen-bond donors (Lipinski definition) is 0. The predicted molar refractivity (Wildman–Crippen MR) is 139 cm³/mol. The molecule has 0 radical (unpaired) electrons. The third-order valence-electron chi connectivity index (χ3n) is 6.16. The van der Waals surface area contributed by atoms with Gasteiger partial charge in [-0.3, -0.25) is 0 Å². The van der Waals surface area contributed by atoms with Gasteiger partial charge in [-0.15, -0.1) is 4.40 Å². The summed E-state index contributed by atoms with van der Waals surface area (Å²) in [5.74, 6) is 0.835. The zero-order valence-corrected chi connectivity index (χ0v) is 22.3. The van der Waals surface area contributed by atoms with Gasteiger partial charge < -0.3 is 9.64 Å². The van der Waals surface area contributed by atoms with Gasteiger partial charge in [-0.05, 0) is 62.7 Å². The van der Waals surface area contributed by atoms with Crippen molar-refractivity contribution in [1.29, 1.82) is 0 Å². The van der Waals surface area contributed by atoms with Crippen LogP contribution in [0.4, 0.5) is 0 Å². The summed E-state index contributed by atoms with van der Waals surface area (Å²) in [6.45, 7) is 5.80. The summed E-state index contributed by atoms with van der Waals surface area (Å²) in [6.07, 6.45) is -0.779. The zero-order chi connectivity index (χ0) is 26.1. The van der Waals surface area contributed by atoms with Gasteiger partial charge in [-0.25, -0.2) is 8.42 Å². The first-order chi connectivity index (χ1) is 17.0. The molecule has 0 unspecified atom stereocenters. The van der Waals surface area contributed by atoms with E-state index in [9.17, 15) is 16.8 Å². The summed E-state index contributed by atoms with van der Waals surface area (Å²) in [5.41, 5.74) is 2.56. The number of rotatable bonds is 6. The summed E-state index contributed by atoms with van der Waals surface area (Å²) in [5, 5.41) is 0. The second-order valence-electron chi connectivity index (χ2n) is 8.70. The number of ether oxygens (including phenoxy) is 1.